The second-order valence-electron chi connectivity index (χ2n) is 6.85. The van der Waals surface area contributed by atoms with E-state index in [1.807, 2.05) is 0 Å². The van der Waals surface area contributed by atoms with Gasteiger partial charge in [0.2, 0.25) is 0 Å². The molecule has 0 amide bonds. The number of anilines is 1. The molecule has 0 spiro atoms. The molecule has 2 aliphatic rings. The van der Waals surface area contributed by atoms with Gasteiger partial charge in [0.1, 0.15) is 5.82 Å². The number of fused-ring (bicyclic) bond motifs is 1. The van der Waals surface area contributed by atoms with Crippen molar-refractivity contribution < 1.29 is 0 Å². The number of piperidine rings is 1. The van der Waals surface area contributed by atoms with E-state index in [1.165, 1.54) is 36.9 Å². The Bertz CT molecular complexity index is 595. The van der Waals surface area contributed by atoms with Gasteiger partial charge >= 0.3 is 0 Å². The zero-order chi connectivity index (χ0) is 16.2. The van der Waals surface area contributed by atoms with E-state index >= 15 is 0 Å². The van der Waals surface area contributed by atoms with E-state index in [1.54, 1.807) is 0 Å². The smallest absolute Gasteiger partial charge is 0.129 e. The lowest BCUT2D eigenvalue weighted by atomic mass is 10.0. The SMILES string of the molecule is CCCN(C)C1CCN(c2cc(C)c3c(n2)C=CC=CC3)CC1. The maximum atomic E-state index is 4.95. The van der Waals surface area contributed by atoms with Gasteiger partial charge in [0.25, 0.3) is 0 Å². The second-order valence-corrected chi connectivity index (χ2v) is 6.85. The Kier molecular flexibility index (Phi) is 5.16. The monoisotopic (exact) mass is 311 g/mol. The Balaban J connectivity index is 1.72. The first kappa shape index (κ1) is 16.3. The molecule has 1 aliphatic carbocycles. The van der Waals surface area contributed by atoms with Crippen LogP contribution in [-0.2, 0) is 6.42 Å². The number of hydrogen-bond donors (Lipinski definition) is 0. The highest BCUT2D eigenvalue weighted by Gasteiger charge is 2.23. The van der Waals surface area contributed by atoms with Crippen LogP contribution < -0.4 is 4.90 Å². The molecule has 3 heteroatoms. The lowest BCUT2D eigenvalue weighted by Gasteiger charge is -2.37. The number of hydrogen-bond acceptors (Lipinski definition) is 3. The van der Waals surface area contributed by atoms with Crippen molar-refractivity contribution in [2.75, 3.05) is 31.6 Å². The average molecular weight is 311 g/mol. The first-order valence-electron chi connectivity index (χ1n) is 8.98. The van der Waals surface area contributed by atoms with Crippen molar-refractivity contribution in [3.05, 3.63) is 41.1 Å². The summed E-state index contributed by atoms with van der Waals surface area (Å²) in [6, 6.07) is 3.01. The highest BCUT2D eigenvalue weighted by Crippen LogP contribution is 2.26. The van der Waals surface area contributed by atoms with Crippen molar-refractivity contribution in [2.24, 2.45) is 0 Å². The third kappa shape index (κ3) is 3.66. The van der Waals surface area contributed by atoms with Crippen molar-refractivity contribution in [1.82, 2.24) is 9.88 Å². The van der Waals surface area contributed by atoms with Gasteiger partial charge in [0.05, 0.1) is 5.69 Å². The van der Waals surface area contributed by atoms with Gasteiger partial charge in [-0.3, -0.25) is 0 Å². The Morgan fingerprint density at radius 1 is 1.26 bits per heavy atom. The lowest BCUT2D eigenvalue weighted by molar-refractivity contribution is 0.208. The first-order chi connectivity index (χ1) is 11.2. The first-order valence-corrected chi connectivity index (χ1v) is 8.98. The summed E-state index contributed by atoms with van der Waals surface area (Å²) in [5.41, 5.74) is 3.89. The summed E-state index contributed by atoms with van der Waals surface area (Å²) in [7, 11) is 2.27. The largest absolute Gasteiger partial charge is 0.356 e. The molecule has 3 nitrogen and oxygen atoms in total. The van der Waals surface area contributed by atoms with Crippen LogP contribution in [0.1, 0.15) is 43.0 Å². The summed E-state index contributed by atoms with van der Waals surface area (Å²) in [6.45, 7) is 7.92. The molecular formula is C20H29N3. The van der Waals surface area contributed by atoms with Gasteiger partial charge in [-0.2, -0.15) is 0 Å². The summed E-state index contributed by atoms with van der Waals surface area (Å²) < 4.78 is 0. The fraction of sp³-hybridized carbons (Fsp3) is 0.550. The van der Waals surface area contributed by atoms with Crippen molar-refractivity contribution in [3.8, 4) is 0 Å². The molecule has 0 N–H and O–H groups in total. The topological polar surface area (TPSA) is 19.4 Å². The third-order valence-electron chi connectivity index (χ3n) is 5.18. The zero-order valence-corrected chi connectivity index (χ0v) is 14.8. The number of aryl methyl sites for hydroxylation is 1. The van der Waals surface area contributed by atoms with Crippen LogP contribution in [-0.4, -0.2) is 42.6 Å². The van der Waals surface area contributed by atoms with Crippen molar-refractivity contribution >= 4 is 11.9 Å². The normalized spacial score (nSPS) is 18.3. The Morgan fingerprint density at radius 2 is 2.04 bits per heavy atom. The van der Waals surface area contributed by atoms with E-state index in [9.17, 15) is 0 Å². The van der Waals surface area contributed by atoms with Gasteiger partial charge in [-0.05, 0) is 69.5 Å². The van der Waals surface area contributed by atoms with Crippen LogP contribution in [0.2, 0.25) is 0 Å². The lowest BCUT2D eigenvalue weighted by Crippen LogP contribution is -2.44. The summed E-state index contributed by atoms with van der Waals surface area (Å²) in [4.78, 5) is 9.95. The Hall–Kier alpha value is -1.61. The minimum atomic E-state index is 0.734. The number of pyridine rings is 1. The summed E-state index contributed by atoms with van der Waals surface area (Å²) in [5, 5.41) is 0. The quantitative estimate of drug-likeness (QED) is 0.842. The average Bonchev–Trinajstić information content (AvgIpc) is 2.81. The van der Waals surface area contributed by atoms with Crippen LogP contribution in [0.15, 0.2) is 24.3 Å². The second kappa shape index (κ2) is 7.31. The molecule has 0 bridgehead atoms. The van der Waals surface area contributed by atoms with Crippen molar-refractivity contribution in [1.29, 1.82) is 0 Å². The molecule has 0 atom stereocenters. The molecule has 1 aromatic rings. The fourth-order valence-electron chi connectivity index (χ4n) is 3.75. The summed E-state index contributed by atoms with van der Waals surface area (Å²) >= 11 is 0. The highest BCUT2D eigenvalue weighted by molar-refractivity contribution is 5.59. The van der Waals surface area contributed by atoms with Gasteiger partial charge in [-0.1, -0.05) is 25.2 Å². The van der Waals surface area contributed by atoms with Gasteiger partial charge < -0.3 is 9.80 Å². The van der Waals surface area contributed by atoms with Crippen LogP contribution in [0.4, 0.5) is 5.82 Å². The number of rotatable bonds is 4. The standard InChI is InChI=1S/C20H29N3/c1-4-12-22(3)17-10-13-23(14-11-17)20-15-16(2)18-8-6-5-7-9-19(18)21-20/h5-7,9,15,17H,4,8,10-14H2,1-3H3. The zero-order valence-electron chi connectivity index (χ0n) is 14.8. The molecule has 1 aliphatic heterocycles. The number of allylic oxidation sites excluding steroid dienone is 3. The molecule has 0 saturated carbocycles. The van der Waals surface area contributed by atoms with E-state index in [2.05, 4.69) is 61.1 Å². The summed E-state index contributed by atoms with van der Waals surface area (Å²) in [5.74, 6) is 1.16. The third-order valence-corrected chi connectivity index (χ3v) is 5.18. The minimum absolute atomic E-state index is 0.734. The van der Waals surface area contributed by atoms with Gasteiger partial charge in [-0.25, -0.2) is 4.98 Å². The molecule has 2 heterocycles. The molecule has 0 aromatic carbocycles. The van der Waals surface area contributed by atoms with Gasteiger partial charge in [-0.15, -0.1) is 0 Å². The van der Waals surface area contributed by atoms with Gasteiger partial charge in [0.15, 0.2) is 0 Å². The van der Waals surface area contributed by atoms with Gasteiger partial charge in [0, 0.05) is 19.1 Å². The predicted octanol–water partition coefficient (Wildman–Crippen LogP) is 3.83. The van der Waals surface area contributed by atoms with Crippen molar-refractivity contribution in [3.63, 3.8) is 0 Å². The molecule has 3 rings (SSSR count). The summed E-state index contributed by atoms with van der Waals surface area (Å²) in [6.07, 6.45) is 13.3. The molecule has 23 heavy (non-hydrogen) atoms. The molecule has 1 saturated heterocycles. The maximum Gasteiger partial charge on any atom is 0.129 e. The highest BCUT2D eigenvalue weighted by atomic mass is 15.2. The van der Waals surface area contributed by atoms with Crippen LogP contribution in [0.3, 0.4) is 0 Å². The van der Waals surface area contributed by atoms with Crippen LogP contribution in [0.5, 0.6) is 0 Å². The van der Waals surface area contributed by atoms with Crippen LogP contribution in [0.25, 0.3) is 6.08 Å². The maximum absolute atomic E-state index is 4.95. The van der Waals surface area contributed by atoms with E-state index in [0.717, 1.165) is 37.1 Å². The van der Waals surface area contributed by atoms with E-state index in [4.69, 9.17) is 4.98 Å². The van der Waals surface area contributed by atoms with Crippen molar-refractivity contribution in [2.45, 2.75) is 45.6 Å². The minimum Gasteiger partial charge on any atom is -0.356 e. The Morgan fingerprint density at radius 3 is 2.78 bits per heavy atom. The van der Waals surface area contributed by atoms with E-state index in [0.29, 0.717) is 0 Å². The van der Waals surface area contributed by atoms with E-state index in [-0.39, 0.29) is 0 Å². The Labute approximate surface area is 140 Å². The van der Waals surface area contributed by atoms with Crippen LogP contribution >= 0.6 is 0 Å². The number of aromatic nitrogens is 1. The molecule has 0 radical (unpaired) electrons. The molecule has 1 aromatic heterocycles. The molecule has 1 fully saturated rings. The van der Waals surface area contributed by atoms with Crippen LogP contribution in [0, 0.1) is 6.92 Å². The number of nitrogens with zero attached hydrogens (tertiary/aromatic N) is 3. The van der Waals surface area contributed by atoms with E-state index < -0.39 is 0 Å². The molecule has 124 valence electrons. The molecular weight excluding hydrogens is 282 g/mol. The fourth-order valence-corrected chi connectivity index (χ4v) is 3.75. The predicted molar refractivity (Wildman–Crippen MR) is 99.0 cm³/mol. The molecule has 0 unspecified atom stereocenters.